The lowest BCUT2D eigenvalue weighted by molar-refractivity contribution is 0.173. The van der Waals surface area contributed by atoms with Crippen LogP contribution in [0.4, 0.5) is 8.78 Å². The summed E-state index contributed by atoms with van der Waals surface area (Å²) in [7, 11) is 0. The largest absolute Gasteiger partial charge is 0.494 e. The van der Waals surface area contributed by atoms with E-state index in [2.05, 4.69) is 13.0 Å². The number of halogens is 2. The van der Waals surface area contributed by atoms with Crippen molar-refractivity contribution in [3.63, 3.8) is 0 Å². The SMILES string of the molecule is CCCC1C=CC=CO1.Fc1cc(F)cc(-c2ccccc2)c1. The minimum absolute atomic E-state index is 0.333. The van der Waals surface area contributed by atoms with Crippen LogP contribution in [0.25, 0.3) is 11.1 Å². The van der Waals surface area contributed by atoms with Gasteiger partial charge in [-0.15, -0.1) is 0 Å². The number of allylic oxidation sites excluding steroid dienone is 2. The maximum absolute atomic E-state index is 12.9. The predicted molar refractivity (Wildman–Crippen MR) is 89.9 cm³/mol. The quantitative estimate of drug-likeness (QED) is 0.686. The predicted octanol–water partition coefficient (Wildman–Crippen LogP) is 5.89. The van der Waals surface area contributed by atoms with Crippen molar-refractivity contribution in [3.05, 3.63) is 84.7 Å². The van der Waals surface area contributed by atoms with E-state index >= 15 is 0 Å². The summed E-state index contributed by atoms with van der Waals surface area (Å²) in [5, 5.41) is 0. The number of rotatable bonds is 3. The Kier molecular flexibility index (Phi) is 6.55. The van der Waals surface area contributed by atoms with Gasteiger partial charge in [-0.3, -0.25) is 0 Å². The summed E-state index contributed by atoms with van der Waals surface area (Å²) in [5.74, 6) is -1.10. The van der Waals surface area contributed by atoms with Gasteiger partial charge in [-0.2, -0.15) is 0 Å². The average Bonchev–Trinajstić information content (AvgIpc) is 2.57. The van der Waals surface area contributed by atoms with Gasteiger partial charge in [0.2, 0.25) is 0 Å². The Bertz CT molecular complexity index is 642. The summed E-state index contributed by atoms with van der Waals surface area (Å²) in [6, 6.07) is 12.7. The molecule has 1 atom stereocenters. The number of hydrogen-bond donors (Lipinski definition) is 0. The van der Waals surface area contributed by atoms with Crippen molar-refractivity contribution in [2.45, 2.75) is 25.9 Å². The third-order valence-corrected chi connectivity index (χ3v) is 3.31. The molecule has 0 N–H and O–H groups in total. The van der Waals surface area contributed by atoms with Crippen LogP contribution in [0.2, 0.25) is 0 Å². The Morgan fingerprint density at radius 2 is 1.61 bits per heavy atom. The number of benzene rings is 2. The Morgan fingerprint density at radius 3 is 2.17 bits per heavy atom. The van der Waals surface area contributed by atoms with Crippen molar-refractivity contribution in [1.82, 2.24) is 0 Å². The lowest BCUT2D eigenvalue weighted by atomic mass is 10.1. The van der Waals surface area contributed by atoms with Crippen LogP contribution in [0.1, 0.15) is 19.8 Å². The molecule has 1 aliphatic rings. The van der Waals surface area contributed by atoms with E-state index in [1.807, 2.05) is 42.5 Å². The fourth-order valence-electron chi connectivity index (χ4n) is 2.22. The first kappa shape index (κ1) is 16.9. The third-order valence-electron chi connectivity index (χ3n) is 3.31. The van der Waals surface area contributed by atoms with Crippen molar-refractivity contribution in [3.8, 4) is 11.1 Å². The van der Waals surface area contributed by atoms with Crippen LogP contribution < -0.4 is 0 Å². The smallest absolute Gasteiger partial charge is 0.126 e. The van der Waals surface area contributed by atoms with Gasteiger partial charge in [0.1, 0.15) is 17.7 Å². The molecule has 1 heterocycles. The molecule has 2 aromatic rings. The summed E-state index contributed by atoms with van der Waals surface area (Å²) in [6.07, 6.45) is 10.4. The second-order valence-corrected chi connectivity index (χ2v) is 5.20. The molecule has 0 fully saturated rings. The maximum atomic E-state index is 12.9. The standard InChI is InChI=1S/C12H8F2.C8H12O/c13-11-6-10(7-12(14)8-11)9-4-2-1-3-5-9;1-2-5-8-6-3-4-7-9-8/h1-8H;3-4,6-8H,2,5H2,1H3. The molecule has 3 heteroatoms. The van der Waals surface area contributed by atoms with Crippen LogP contribution in [0.15, 0.2) is 73.0 Å². The van der Waals surface area contributed by atoms with Gasteiger partial charge in [0.05, 0.1) is 6.26 Å². The van der Waals surface area contributed by atoms with Gasteiger partial charge in [0.15, 0.2) is 0 Å². The second kappa shape index (κ2) is 8.89. The van der Waals surface area contributed by atoms with E-state index in [-0.39, 0.29) is 0 Å². The molecular weight excluding hydrogens is 294 g/mol. The van der Waals surface area contributed by atoms with E-state index in [1.165, 1.54) is 18.6 Å². The summed E-state index contributed by atoms with van der Waals surface area (Å²) < 4.78 is 31.0. The molecule has 1 aliphatic heterocycles. The molecule has 2 aromatic carbocycles. The van der Waals surface area contributed by atoms with Crippen LogP contribution >= 0.6 is 0 Å². The highest BCUT2D eigenvalue weighted by atomic mass is 19.1. The van der Waals surface area contributed by atoms with Crippen LogP contribution in [0.5, 0.6) is 0 Å². The van der Waals surface area contributed by atoms with E-state index in [0.29, 0.717) is 11.7 Å². The highest BCUT2D eigenvalue weighted by Gasteiger charge is 2.02. The molecule has 0 amide bonds. The fraction of sp³-hybridized carbons (Fsp3) is 0.200. The van der Waals surface area contributed by atoms with Gasteiger partial charge in [-0.1, -0.05) is 49.8 Å². The topological polar surface area (TPSA) is 9.23 Å². The monoisotopic (exact) mass is 314 g/mol. The summed E-state index contributed by atoms with van der Waals surface area (Å²) >= 11 is 0. The van der Waals surface area contributed by atoms with E-state index in [0.717, 1.165) is 18.1 Å². The lowest BCUT2D eigenvalue weighted by Crippen LogP contribution is -2.06. The fourth-order valence-corrected chi connectivity index (χ4v) is 2.22. The lowest BCUT2D eigenvalue weighted by Gasteiger charge is -2.12. The minimum Gasteiger partial charge on any atom is -0.494 e. The highest BCUT2D eigenvalue weighted by molar-refractivity contribution is 5.63. The Morgan fingerprint density at radius 1 is 0.913 bits per heavy atom. The molecule has 0 spiro atoms. The number of hydrogen-bond acceptors (Lipinski definition) is 1. The average molecular weight is 314 g/mol. The third kappa shape index (κ3) is 5.70. The minimum atomic E-state index is -0.552. The van der Waals surface area contributed by atoms with Crippen molar-refractivity contribution >= 4 is 0 Å². The number of ether oxygens (including phenoxy) is 1. The van der Waals surface area contributed by atoms with Gasteiger partial charge in [0.25, 0.3) is 0 Å². The van der Waals surface area contributed by atoms with Crippen LogP contribution in [0, 0.1) is 11.6 Å². The zero-order valence-electron chi connectivity index (χ0n) is 13.1. The molecule has 1 nitrogen and oxygen atoms in total. The molecule has 23 heavy (non-hydrogen) atoms. The van der Waals surface area contributed by atoms with Crippen LogP contribution in [-0.2, 0) is 4.74 Å². The highest BCUT2D eigenvalue weighted by Crippen LogP contribution is 2.20. The Balaban J connectivity index is 0.000000185. The van der Waals surface area contributed by atoms with Gasteiger partial charge < -0.3 is 4.74 Å². The zero-order valence-corrected chi connectivity index (χ0v) is 13.1. The molecule has 120 valence electrons. The van der Waals surface area contributed by atoms with Gasteiger partial charge in [0, 0.05) is 6.07 Å². The molecule has 1 unspecified atom stereocenters. The Hall–Kier alpha value is -2.42. The summed E-state index contributed by atoms with van der Waals surface area (Å²) in [6.45, 7) is 2.16. The van der Waals surface area contributed by atoms with Crippen molar-refractivity contribution in [1.29, 1.82) is 0 Å². The molecule has 0 radical (unpaired) electrons. The van der Waals surface area contributed by atoms with Gasteiger partial charge >= 0.3 is 0 Å². The molecule has 0 saturated carbocycles. The van der Waals surface area contributed by atoms with Crippen molar-refractivity contribution in [2.75, 3.05) is 0 Å². The zero-order chi connectivity index (χ0) is 16.5. The second-order valence-electron chi connectivity index (χ2n) is 5.20. The summed E-state index contributed by atoms with van der Waals surface area (Å²) in [5.41, 5.74) is 1.37. The normalized spacial score (nSPS) is 15.5. The first-order valence-electron chi connectivity index (χ1n) is 7.69. The van der Waals surface area contributed by atoms with E-state index in [4.69, 9.17) is 4.74 Å². The first-order chi connectivity index (χ1) is 11.2. The molecule has 3 rings (SSSR count). The molecule has 0 saturated heterocycles. The Labute approximate surface area is 135 Å². The maximum Gasteiger partial charge on any atom is 0.126 e. The first-order valence-corrected chi connectivity index (χ1v) is 7.69. The van der Waals surface area contributed by atoms with E-state index in [9.17, 15) is 8.78 Å². The molecular formula is C20H20F2O. The molecule has 0 bridgehead atoms. The van der Waals surface area contributed by atoms with Crippen LogP contribution in [-0.4, -0.2) is 6.10 Å². The van der Waals surface area contributed by atoms with Gasteiger partial charge in [-0.25, -0.2) is 8.78 Å². The van der Waals surface area contributed by atoms with E-state index < -0.39 is 11.6 Å². The van der Waals surface area contributed by atoms with E-state index in [1.54, 1.807) is 6.26 Å². The van der Waals surface area contributed by atoms with Crippen molar-refractivity contribution in [2.24, 2.45) is 0 Å². The molecule has 0 aliphatic carbocycles. The van der Waals surface area contributed by atoms with Gasteiger partial charge in [-0.05, 0) is 41.8 Å². The molecule has 0 aromatic heterocycles. The van der Waals surface area contributed by atoms with Crippen molar-refractivity contribution < 1.29 is 13.5 Å². The van der Waals surface area contributed by atoms with Crippen LogP contribution in [0.3, 0.4) is 0 Å². The summed E-state index contributed by atoms with van der Waals surface area (Å²) in [4.78, 5) is 0.